The number of ether oxygens (including phenoxy) is 5. The molecule has 9 heteroatoms. The highest BCUT2D eigenvalue weighted by Crippen LogP contribution is 2.45. The van der Waals surface area contributed by atoms with Gasteiger partial charge in [0, 0.05) is 12.8 Å². The molecule has 4 fully saturated rings. The smallest absolute Gasteiger partial charge is 0.241 e. The van der Waals surface area contributed by atoms with E-state index in [1.165, 1.54) is 0 Å². The third kappa shape index (κ3) is 2.66. The summed E-state index contributed by atoms with van der Waals surface area (Å²) in [6.07, 6.45) is -0.463. The molecule has 22 heavy (non-hydrogen) atoms. The van der Waals surface area contributed by atoms with Gasteiger partial charge in [0.2, 0.25) is 10.1 Å². The van der Waals surface area contributed by atoms with Crippen molar-refractivity contribution < 1.29 is 28.8 Å². The second-order valence-corrected chi connectivity index (χ2v) is 8.52. The maximum absolute atomic E-state index is 10.4. The van der Waals surface area contributed by atoms with Gasteiger partial charge in [-0.15, -0.1) is 0 Å². The summed E-state index contributed by atoms with van der Waals surface area (Å²) >= 11 is 17.2. The van der Waals surface area contributed by atoms with E-state index in [0.29, 0.717) is 6.61 Å². The van der Waals surface area contributed by atoms with Crippen LogP contribution in [0.15, 0.2) is 0 Å². The quantitative estimate of drug-likeness (QED) is 0.706. The molecule has 1 saturated carbocycles. The molecule has 0 radical (unpaired) electrons. The van der Waals surface area contributed by atoms with Crippen molar-refractivity contribution in [2.45, 2.75) is 72.3 Å². The van der Waals surface area contributed by atoms with Crippen LogP contribution in [0.5, 0.6) is 0 Å². The maximum atomic E-state index is 10.4. The normalized spacial score (nSPS) is 47.5. The van der Waals surface area contributed by atoms with Gasteiger partial charge in [0.05, 0.1) is 6.61 Å². The molecule has 3 aliphatic heterocycles. The van der Waals surface area contributed by atoms with Crippen molar-refractivity contribution in [2.75, 3.05) is 6.61 Å². The van der Waals surface area contributed by atoms with E-state index in [2.05, 4.69) is 0 Å². The Labute approximate surface area is 142 Å². The number of alkyl halides is 3. The highest BCUT2D eigenvalue weighted by molar-refractivity contribution is 6.67. The molecule has 1 unspecified atom stereocenters. The predicted molar refractivity (Wildman–Crippen MR) is 76.7 cm³/mol. The summed E-state index contributed by atoms with van der Waals surface area (Å²) in [7, 11) is 0. The molecule has 0 aromatic heterocycles. The number of hydrogen-bond acceptors (Lipinski definition) is 6. The van der Waals surface area contributed by atoms with Crippen LogP contribution in [0.25, 0.3) is 0 Å². The zero-order valence-electron chi connectivity index (χ0n) is 11.6. The maximum Gasteiger partial charge on any atom is 0.241 e. The van der Waals surface area contributed by atoms with Crippen LogP contribution in [-0.4, -0.2) is 58.3 Å². The minimum Gasteiger partial charge on any atom is -0.387 e. The summed E-state index contributed by atoms with van der Waals surface area (Å²) in [5.41, 5.74) is 0. The fraction of sp³-hybridized carbons (Fsp3) is 1.00. The van der Waals surface area contributed by atoms with Crippen LogP contribution in [0.1, 0.15) is 25.7 Å². The molecule has 6 nitrogen and oxygen atoms in total. The zero-order valence-corrected chi connectivity index (χ0v) is 13.9. The number of aliphatic hydroxyl groups is 1. The number of aliphatic hydroxyl groups excluding tert-OH is 1. The molecule has 0 aromatic carbocycles. The summed E-state index contributed by atoms with van der Waals surface area (Å²) < 4.78 is 26.8. The molecule has 1 spiro atoms. The van der Waals surface area contributed by atoms with Gasteiger partial charge in [-0.3, -0.25) is 0 Å². The second-order valence-electron chi connectivity index (χ2n) is 6.16. The summed E-state index contributed by atoms with van der Waals surface area (Å²) in [5, 5.41) is 10.4. The number of fused-ring (bicyclic) bond motifs is 1. The molecule has 4 rings (SSSR count). The van der Waals surface area contributed by atoms with Gasteiger partial charge in [-0.25, -0.2) is 0 Å². The Morgan fingerprint density at radius 2 is 1.73 bits per heavy atom. The minimum absolute atomic E-state index is 0.350. The minimum atomic E-state index is -1.73. The Kier molecular flexibility index (Phi) is 4.09. The lowest BCUT2D eigenvalue weighted by molar-refractivity contribution is -0.208. The first-order chi connectivity index (χ1) is 10.4. The molecule has 4 aliphatic rings. The van der Waals surface area contributed by atoms with Crippen LogP contribution < -0.4 is 0 Å². The molecule has 0 bridgehead atoms. The van der Waals surface area contributed by atoms with Crippen LogP contribution in [0.2, 0.25) is 0 Å². The van der Waals surface area contributed by atoms with Crippen molar-refractivity contribution in [2.24, 2.45) is 0 Å². The van der Waals surface area contributed by atoms with E-state index < -0.39 is 40.5 Å². The second kappa shape index (κ2) is 5.58. The summed E-state index contributed by atoms with van der Waals surface area (Å²) in [4.78, 5) is 0. The van der Waals surface area contributed by atoms with E-state index in [-0.39, 0.29) is 6.10 Å². The number of hydrogen-bond donors (Lipinski definition) is 1. The first-order valence-electron chi connectivity index (χ1n) is 7.41. The molecular formula is C13H17Cl3O6. The lowest BCUT2D eigenvalue weighted by Crippen LogP contribution is -2.42. The predicted octanol–water partition coefficient (Wildman–Crippen LogP) is 1.87. The molecule has 1 N–H and O–H groups in total. The van der Waals surface area contributed by atoms with Gasteiger partial charge >= 0.3 is 0 Å². The summed E-state index contributed by atoms with van der Waals surface area (Å²) in [6.45, 7) is 0.384. The SMILES string of the molecule is O[C@@H]1[C@H]2OC(C(Cl)(Cl)Cl)O[C@H]2O[C@@H]1[C@H]1COC2(CCCC2)O1. The van der Waals surface area contributed by atoms with Gasteiger partial charge in [-0.2, -0.15) is 0 Å². The lowest BCUT2D eigenvalue weighted by atomic mass is 10.1. The molecule has 1 aliphatic carbocycles. The van der Waals surface area contributed by atoms with E-state index in [1.54, 1.807) is 0 Å². The summed E-state index contributed by atoms with van der Waals surface area (Å²) in [5.74, 6) is -0.507. The molecule has 126 valence electrons. The Morgan fingerprint density at radius 1 is 1.00 bits per heavy atom. The molecule has 6 atom stereocenters. The van der Waals surface area contributed by atoms with E-state index in [1.807, 2.05) is 0 Å². The largest absolute Gasteiger partial charge is 0.387 e. The van der Waals surface area contributed by atoms with Gasteiger partial charge in [0.25, 0.3) is 0 Å². The van der Waals surface area contributed by atoms with Crippen LogP contribution in [0, 0.1) is 0 Å². The zero-order chi connectivity index (χ0) is 15.5. The van der Waals surface area contributed by atoms with Crippen molar-refractivity contribution in [1.29, 1.82) is 0 Å². The Morgan fingerprint density at radius 3 is 2.36 bits per heavy atom. The van der Waals surface area contributed by atoms with Crippen LogP contribution in [-0.2, 0) is 23.7 Å². The van der Waals surface area contributed by atoms with Crippen molar-refractivity contribution >= 4 is 34.8 Å². The lowest BCUT2D eigenvalue weighted by Gasteiger charge is -2.27. The standard InChI is InChI=1S/C13H17Cl3O6/c14-13(15,16)11-20-9-7(17)8(19-10(9)21-11)6-5-18-12(22-6)3-1-2-4-12/h6-11,17H,1-5H2/t6-,7+,8-,9-,10-,11?/m1/s1. The van der Waals surface area contributed by atoms with Gasteiger partial charge in [-0.05, 0) is 12.8 Å². The van der Waals surface area contributed by atoms with Crippen LogP contribution in [0.4, 0.5) is 0 Å². The van der Waals surface area contributed by atoms with E-state index in [9.17, 15) is 5.11 Å². The van der Waals surface area contributed by atoms with E-state index in [4.69, 9.17) is 58.5 Å². The fourth-order valence-corrected chi connectivity index (χ4v) is 3.90. The van der Waals surface area contributed by atoms with Crippen LogP contribution >= 0.6 is 34.8 Å². The van der Waals surface area contributed by atoms with E-state index >= 15 is 0 Å². The highest BCUT2D eigenvalue weighted by Gasteiger charge is 2.59. The Bertz CT molecular complexity index is 438. The van der Waals surface area contributed by atoms with Crippen molar-refractivity contribution in [3.05, 3.63) is 0 Å². The van der Waals surface area contributed by atoms with Gasteiger partial charge in [0.1, 0.15) is 24.4 Å². The first-order valence-corrected chi connectivity index (χ1v) is 8.54. The third-order valence-corrected chi connectivity index (χ3v) is 5.18. The Balaban J connectivity index is 1.41. The molecular weight excluding hydrogens is 358 g/mol. The van der Waals surface area contributed by atoms with Crippen molar-refractivity contribution in [3.8, 4) is 0 Å². The van der Waals surface area contributed by atoms with Crippen molar-refractivity contribution in [3.63, 3.8) is 0 Å². The molecule has 3 heterocycles. The average Bonchev–Trinajstić information content (AvgIpc) is 3.17. The summed E-state index contributed by atoms with van der Waals surface area (Å²) in [6, 6.07) is 0. The number of halogens is 3. The number of rotatable bonds is 1. The van der Waals surface area contributed by atoms with Crippen LogP contribution in [0.3, 0.4) is 0 Å². The molecule has 0 amide bonds. The molecule has 3 saturated heterocycles. The monoisotopic (exact) mass is 374 g/mol. The van der Waals surface area contributed by atoms with E-state index in [0.717, 1.165) is 25.7 Å². The Hall–Kier alpha value is 0.630. The third-order valence-electron chi connectivity index (χ3n) is 4.65. The average molecular weight is 376 g/mol. The van der Waals surface area contributed by atoms with Gasteiger partial charge in [-0.1, -0.05) is 34.8 Å². The van der Waals surface area contributed by atoms with Gasteiger partial charge in [0.15, 0.2) is 12.1 Å². The van der Waals surface area contributed by atoms with Gasteiger partial charge < -0.3 is 28.8 Å². The molecule has 0 aromatic rings. The van der Waals surface area contributed by atoms with Crippen molar-refractivity contribution in [1.82, 2.24) is 0 Å². The highest BCUT2D eigenvalue weighted by atomic mass is 35.6. The first kappa shape index (κ1) is 16.1. The fourth-order valence-electron chi connectivity index (χ4n) is 3.59. The topological polar surface area (TPSA) is 66.4 Å².